The lowest BCUT2D eigenvalue weighted by atomic mass is 9.93. The van der Waals surface area contributed by atoms with Crippen LogP contribution in [0.5, 0.6) is 0 Å². The fourth-order valence-corrected chi connectivity index (χ4v) is 6.15. The number of aliphatic hydroxyl groups excluding tert-OH is 1. The Bertz CT molecular complexity index is 1490. The third kappa shape index (κ3) is 3.75. The Morgan fingerprint density at radius 1 is 1.11 bits per heavy atom. The molecule has 0 radical (unpaired) electrons. The summed E-state index contributed by atoms with van der Waals surface area (Å²) in [6, 6.07) is 8.56. The Hall–Kier alpha value is -3.39. The van der Waals surface area contributed by atoms with Gasteiger partial charge in [-0.2, -0.15) is 5.10 Å². The van der Waals surface area contributed by atoms with Crippen molar-refractivity contribution in [2.24, 2.45) is 0 Å². The summed E-state index contributed by atoms with van der Waals surface area (Å²) < 4.78 is 3.84. The van der Waals surface area contributed by atoms with Gasteiger partial charge in [0.25, 0.3) is 5.56 Å². The number of anilines is 1. The average molecular weight is 487 g/mol. The van der Waals surface area contributed by atoms with E-state index in [2.05, 4.69) is 71.8 Å². The summed E-state index contributed by atoms with van der Waals surface area (Å²) in [7, 11) is 0. The molecule has 8 nitrogen and oxygen atoms in total. The number of hydrogen-bond donors (Lipinski definition) is 2. The molecule has 1 aliphatic heterocycles. The van der Waals surface area contributed by atoms with Crippen molar-refractivity contribution in [1.82, 2.24) is 24.3 Å². The molecule has 188 valence electrons. The van der Waals surface area contributed by atoms with Crippen LogP contribution in [0.1, 0.15) is 59.4 Å². The van der Waals surface area contributed by atoms with Gasteiger partial charge in [-0.25, -0.2) is 4.98 Å². The number of benzene rings is 1. The second-order valence-electron chi connectivity index (χ2n) is 11.3. The Balaban J connectivity index is 1.38. The molecule has 4 aromatic rings. The minimum absolute atomic E-state index is 0.0180. The Kier molecular flexibility index (Phi) is 5.33. The van der Waals surface area contributed by atoms with Crippen LogP contribution in [0.15, 0.2) is 47.7 Å². The van der Waals surface area contributed by atoms with Gasteiger partial charge < -0.3 is 15.0 Å². The number of nitrogens with one attached hydrogen (secondary N) is 1. The molecule has 1 fully saturated rings. The second kappa shape index (κ2) is 8.34. The molecule has 0 saturated heterocycles. The minimum atomic E-state index is -0.176. The van der Waals surface area contributed by atoms with Crippen molar-refractivity contribution in [3.63, 3.8) is 0 Å². The second-order valence-corrected chi connectivity index (χ2v) is 11.3. The number of hydrogen-bond acceptors (Lipinski definition) is 5. The lowest BCUT2D eigenvalue weighted by Crippen LogP contribution is -2.45. The zero-order valence-corrected chi connectivity index (χ0v) is 21.4. The van der Waals surface area contributed by atoms with E-state index >= 15 is 0 Å². The van der Waals surface area contributed by atoms with E-state index in [4.69, 9.17) is 4.98 Å². The molecular formula is C28H34N6O2. The topological polar surface area (TPSA) is 92.0 Å². The normalized spacial score (nSPS) is 21.4. The fourth-order valence-electron chi connectivity index (χ4n) is 6.15. The fraction of sp³-hybridized carbons (Fsp3) is 0.464. The van der Waals surface area contributed by atoms with Crippen LogP contribution < -0.4 is 10.5 Å². The van der Waals surface area contributed by atoms with Gasteiger partial charge in [-0.05, 0) is 71.1 Å². The van der Waals surface area contributed by atoms with E-state index in [1.165, 1.54) is 0 Å². The van der Waals surface area contributed by atoms with Crippen molar-refractivity contribution in [2.75, 3.05) is 4.90 Å². The summed E-state index contributed by atoms with van der Waals surface area (Å²) in [5.74, 6) is 0.738. The van der Waals surface area contributed by atoms with Gasteiger partial charge in [0.05, 0.1) is 36.1 Å². The lowest BCUT2D eigenvalue weighted by Gasteiger charge is -2.35. The van der Waals surface area contributed by atoms with Crippen LogP contribution in [0.2, 0.25) is 0 Å². The van der Waals surface area contributed by atoms with Crippen LogP contribution in [-0.2, 0) is 6.54 Å². The van der Waals surface area contributed by atoms with Gasteiger partial charge in [-0.15, -0.1) is 0 Å². The summed E-state index contributed by atoms with van der Waals surface area (Å²) >= 11 is 0. The maximum atomic E-state index is 13.1. The largest absolute Gasteiger partial charge is 0.393 e. The molecule has 8 heteroatoms. The molecule has 1 aliphatic carbocycles. The number of fused-ring (bicyclic) bond motifs is 2. The highest BCUT2D eigenvalue weighted by molar-refractivity contribution is 5.97. The molecule has 3 aromatic heterocycles. The van der Waals surface area contributed by atoms with Crippen molar-refractivity contribution in [1.29, 1.82) is 0 Å². The molecule has 0 bridgehead atoms. The summed E-state index contributed by atoms with van der Waals surface area (Å²) in [4.78, 5) is 23.8. The molecular weight excluding hydrogens is 452 g/mol. The molecule has 4 heterocycles. The highest BCUT2D eigenvalue weighted by Crippen LogP contribution is 2.36. The average Bonchev–Trinajstić information content (AvgIpc) is 3.54. The van der Waals surface area contributed by atoms with Crippen LogP contribution >= 0.6 is 0 Å². The van der Waals surface area contributed by atoms with Crippen LogP contribution in [0.25, 0.3) is 33.3 Å². The van der Waals surface area contributed by atoms with Gasteiger partial charge in [0.1, 0.15) is 0 Å². The number of aromatic nitrogens is 5. The van der Waals surface area contributed by atoms with Gasteiger partial charge in [-0.1, -0.05) is 6.07 Å². The molecule has 0 amide bonds. The third-order valence-electron chi connectivity index (χ3n) is 7.85. The first-order valence-corrected chi connectivity index (χ1v) is 13.0. The number of aliphatic hydroxyl groups is 1. The zero-order valence-electron chi connectivity index (χ0n) is 21.4. The van der Waals surface area contributed by atoms with Gasteiger partial charge in [-0.3, -0.25) is 14.0 Å². The molecule has 0 unspecified atom stereocenters. The van der Waals surface area contributed by atoms with E-state index in [1.54, 1.807) is 10.6 Å². The number of aromatic amines is 1. The van der Waals surface area contributed by atoms with E-state index in [-0.39, 0.29) is 23.2 Å². The van der Waals surface area contributed by atoms with Gasteiger partial charge in [0.15, 0.2) is 0 Å². The van der Waals surface area contributed by atoms with Gasteiger partial charge in [0, 0.05) is 46.5 Å². The first-order chi connectivity index (χ1) is 17.2. The monoisotopic (exact) mass is 486 g/mol. The van der Waals surface area contributed by atoms with E-state index in [0.29, 0.717) is 18.3 Å². The van der Waals surface area contributed by atoms with E-state index in [9.17, 15) is 9.90 Å². The predicted octanol–water partition coefficient (Wildman–Crippen LogP) is 4.74. The van der Waals surface area contributed by atoms with Crippen molar-refractivity contribution in [2.45, 2.75) is 83.6 Å². The van der Waals surface area contributed by atoms with Crippen molar-refractivity contribution in [3.8, 4) is 22.4 Å². The van der Waals surface area contributed by atoms with E-state index in [1.807, 2.05) is 12.4 Å². The van der Waals surface area contributed by atoms with Crippen molar-refractivity contribution >= 4 is 16.9 Å². The van der Waals surface area contributed by atoms with Crippen molar-refractivity contribution < 1.29 is 5.11 Å². The van der Waals surface area contributed by atoms with Crippen LogP contribution in [0.4, 0.5) is 5.95 Å². The van der Waals surface area contributed by atoms with E-state index in [0.717, 1.165) is 59.2 Å². The summed E-state index contributed by atoms with van der Waals surface area (Å²) in [6.07, 6.45) is 9.36. The molecule has 36 heavy (non-hydrogen) atoms. The quantitative estimate of drug-likeness (QED) is 0.435. The van der Waals surface area contributed by atoms with Crippen molar-refractivity contribution in [3.05, 3.63) is 53.2 Å². The Labute approximate surface area is 210 Å². The Morgan fingerprint density at radius 3 is 2.64 bits per heavy atom. The smallest absolute Gasteiger partial charge is 0.255 e. The first kappa shape index (κ1) is 23.0. The summed E-state index contributed by atoms with van der Waals surface area (Å²) in [5, 5.41) is 15.5. The molecule has 2 N–H and O–H groups in total. The van der Waals surface area contributed by atoms with E-state index < -0.39 is 0 Å². The van der Waals surface area contributed by atoms with Crippen LogP contribution in [-0.4, -0.2) is 47.1 Å². The number of H-pyrrole nitrogens is 1. The maximum absolute atomic E-state index is 13.1. The first-order valence-electron chi connectivity index (χ1n) is 13.0. The maximum Gasteiger partial charge on any atom is 0.255 e. The van der Waals surface area contributed by atoms with Gasteiger partial charge >= 0.3 is 0 Å². The molecule has 0 atom stereocenters. The highest BCUT2D eigenvalue weighted by atomic mass is 16.3. The Morgan fingerprint density at radius 2 is 1.89 bits per heavy atom. The lowest BCUT2D eigenvalue weighted by molar-refractivity contribution is 0.108. The third-order valence-corrected chi connectivity index (χ3v) is 7.85. The minimum Gasteiger partial charge on any atom is -0.393 e. The zero-order chi connectivity index (χ0) is 25.2. The summed E-state index contributed by atoms with van der Waals surface area (Å²) in [6.45, 7) is 9.24. The van der Waals surface area contributed by atoms with Crippen LogP contribution in [0.3, 0.4) is 0 Å². The van der Waals surface area contributed by atoms with Crippen LogP contribution in [0, 0.1) is 0 Å². The predicted molar refractivity (Wildman–Crippen MR) is 142 cm³/mol. The molecule has 1 saturated carbocycles. The molecule has 1 aromatic carbocycles. The standard InChI is InChI=1S/C28H34N6O2/c1-17(2)34-27-31-25(12-26(36)32(27)16-28(34,3)4)23-14-29-24-10-5-18(11-22(23)24)19-13-30-33(15-19)20-6-8-21(35)9-7-20/h5,10-15,17,20-21,29,35H,6-9,16H2,1-4H3. The highest BCUT2D eigenvalue weighted by Gasteiger charge is 2.39. The molecule has 2 aliphatic rings. The SMILES string of the molecule is CC(C)N1c2nc(-c3c[nH]c4ccc(-c5cnn(C6CCC(O)CC6)c5)cc34)cc(=O)n2CC1(C)C. The number of nitrogens with zero attached hydrogens (tertiary/aromatic N) is 5. The van der Waals surface area contributed by atoms with Gasteiger partial charge in [0.2, 0.25) is 5.95 Å². The molecule has 0 spiro atoms. The molecule has 6 rings (SSSR count). The summed E-state index contributed by atoms with van der Waals surface area (Å²) in [5.41, 5.74) is 4.57. The number of rotatable bonds is 4.